The molecule has 0 aromatic heterocycles. The SMILES string of the molecule is CCCCCCCCCc1ccc2c(c1F)OC(F)(F)c1cc(C3CCC(CCCC)CC3)ccc1-2. The fourth-order valence-corrected chi connectivity index (χ4v) is 6.13. The highest BCUT2D eigenvalue weighted by atomic mass is 19.3. The second-order valence-electron chi connectivity index (χ2n) is 11.1. The number of fused-ring (bicyclic) bond motifs is 3. The fourth-order valence-electron chi connectivity index (χ4n) is 6.13. The van der Waals surface area contributed by atoms with Gasteiger partial charge in [0.15, 0.2) is 11.6 Å². The third-order valence-corrected chi connectivity index (χ3v) is 8.39. The molecular weight excluding hydrogens is 457 g/mol. The van der Waals surface area contributed by atoms with Gasteiger partial charge in [-0.05, 0) is 73.1 Å². The summed E-state index contributed by atoms with van der Waals surface area (Å²) in [4.78, 5) is 0. The zero-order valence-corrected chi connectivity index (χ0v) is 22.2. The van der Waals surface area contributed by atoms with Crippen molar-refractivity contribution in [2.75, 3.05) is 0 Å². The van der Waals surface area contributed by atoms with Crippen LogP contribution >= 0.6 is 0 Å². The van der Waals surface area contributed by atoms with Crippen molar-refractivity contribution in [1.82, 2.24) is 0 Å². The highest BCUT2D eigenvalue weighted by Gasteiger charge is 2.44. The highest BCUT2D eigenvalue weighted by molar-refractivity contribution is 5.77. The lowest BCUT2D eigenvalue weighted by atomic mass is 9.76. The van der Waals surface area contributed by atoms with E-state index in [0.717, 1.165) is 43.6 Å². The topological polar surface area (TPSA) is 9.23 Å². The van der Waals surface area contributed by atoms with E-state index in [1.807, 2.05) is 6.07 Å². The zero-order valence-electron chi connectivity index (χ0n) is 22.2. The van der Waals surface area contributed by atoms with E-state index in [1.54, 1.807) is 24.3 Å². The van der Waals surface area contributed by atoms with Crippen molar-refractivity contribution >= 4 is 0 Å². The summed E-state index contributed by atoms with van der Waals surface area (Å²) in [6, 6.07) is 8.89. The molecule has 0 atom stereocenters. The Kier molecular flexibility index (Phi) is 9.41. The van der Waals surface area contributed by atoms with Gasteiger partial charge in [-0.15, -0.1) is 0 Å². The molecule has 0 N–H and O–H groups in total. The summed E-state index contributed by atoms with van der Waals surface area (Å²) < 4.78 is 50.8. The fraction of sp³-hybridized carbons (Fsp3) is 0.625. The van der Waals surface area contributed by atoms with E-state index in [9.17, 15) is 0 Å². The predicted molar refractivity (Wildman–Crippen MR) is 142 cm³/mol. The number of unbranched alkanes of at least 4 members (excludes halogenated alkanes) is 7. The van der Waals surface area contributed by atoms with E-state index < -0.39 is 11.9 Å². The molecule has 0 unspecified atom stereocenters. The van der Waals surface area contributed by atoms with Crippen molar-refractivity contribution in [3.63, 3.8) is 0 Å². The second kappa shape index (κ2) is 12.5. The third kappa shape index (κ3) is 6.29. The second-order valence-corrected chi connectivity index (χ2v) is 11.1. The van der Waals surface area contributed by atoms with Crippen LogP contribution in [0.3, 0.4) is 0 Å². The van der Waals surface area contributed by atoms with Gasteiger partial charge in [0.05, 0.1) is 5.56 Å². The Morgan fingerprint density at radius 2 is 1.47 bits per heavy atom. The van der Waals surface area contributed by atoms with E-state index in [2.05, 4.69) is 13.8 Å². The van der Waals surface area contributed by atoms with E-state index in [0.29, 0.717) is 29.0 Å². The number of benzene rings is 2. The first-order valence-electron chi connectivity index (χ1n) is 14.5. The van der Waals surface area contributed by atoms with Crippen molar-refractivity contribution in [2.45, 2.75) is 122 Å². The molecule has 1 nitrogen and oxygen atoms in total. The molecule has 0 radical (unpaired) electrons. The Bertz CT molecular complexity index is 991. The normalized spacial score (nSPS) is 20.5. The van der Waals surface area contributed by atoms with Gasteiger partial charge in [-0.25, -0.2) is 4.39 Å². The van der Waals surface area contributed by atoms with E-state index >= 15 is 13.2 Å². The van der Waals surface area contributed by atoms with Gasteiger partial charge in [0.1, 0.15) is 0 Å². The Morgan fingerprint density at radius 3 is 2.19 bits per heavy atom. The maximum atomic E-state index is 15.3. The van der Waals surface area contributed by atoms with Gasteiger partial charge < -0.3 is 4.74 Å². The molecule has 2 aromatic rings. The molecule has 1 fully saturated rings. The first-order valence-corrected chi connectivity index (χ1v) is 14.5. The molecular formula is C32H43F3O. The Labute approximate surface area is 215 Å². The van der Waals surface area contributed by atoms with Gasteiger partial charge >= 0.3 is 6.11 Å². The molecule has 1 aliphatic carbocycles. The minimum atomic E-state index is -3.53. The number of hydrogen-bond donors (Lipinski definition) is 0. The minimum Gasteiger partial charge on any atom is -0.425 e. The summed E-state index contributed by atoms with van der Waals surface area (Å²) in [5.74, 6) is 0.163. The number of halogens is 3. The molecule has 4 rings (SSSR count). The highest BCUT2D eigenvalue weighted by Crippen LogP contribution is 2.50. The molecule has 198 valence electrons. The van der Waals surface area contributed by atoms with Gasteiger partial charge in [-0.1, -0.05) is 95.9 Å². The van der Waals surface area contributed by atoms with Crippen molar-refractivity contribution in [1.29, 1.82) is 0 Å². The summed E-state index contributed by atoms with van der Waals surface area (Å²) in [5.41, 5.74) is 2.14. The van der Waals surface area contributed by atoms with Crippen LogP contribution in [0.1, 0.15) is 126 Å². The molecule has 0 amide bonds. The average molecular weight is 501 g/mol. The third-order valence-electron chi connectivity index (χ3n) is 8.39. The molecule has 1 saturated carbocycles. The van der Waals surface area contributed by atoms with Crippen LogP contribution in [0.4, 0.5) is 13.2 Å². The Morgan fingerprint density at radius 1 is 0.806 bits per heavy atom. The van der Waals surface area contributed by atoms with Crippen molar-refractivity contribution < 1.29 is 17.9 Å². The first-order chi connectivity index (χ1) is 17.4. The maximum Gasteiger partial charge on any atom is 0.427 e. The van der Waals surface area contributed by atoms with Crippen molar-refractivity contribution in [3.05, 3.63) is 52.8 Å². The lowest BCUT2D eigenvalue weighted by molar-refractivity contribution is -0.188. The summed E-state index contributed by atoms with van der Waals surface area (Å²) in [7, 11) is 0. The molecule has 4 heteroatoms. The minimum absolute atomic E-state index is 0.125. The van der Waals surface area contributed by atoms with E-state index in [1.165, 1.54) is 57.8 Å². The van der Waals surface area contributed by atoms with Crippen LogP contribution < -0.4 is 4.74 Å². The lowest BCUT2D eigenvalue weighted by Crippen LogP contribution is -2.28. The number of hydrogen-bond acceptors (Lipinski definition) is 1. The predicted octanol–water partition coefficient (Wildman–Crippen LogP) is 10.7. The summed E-state index contributed by atoms with van der Waals surface area (Å²) >= 11 is 0. The van der Waals surface area contributed by atoms with Gasteiger partial charge in [0, 0.05) is 5.56 Å². The van der Waals surface area contributed by atoms with Crippen LogP contribution in [0.2, 0.25) is 0 Å². The number of aryl methyl sites for hydroxylation is 1. The van der Waals surface area contributed by atoms with Crippen LogP contribution in [-0.4, -0.2) is 0 Å². The monoisotopic (exact) mass is 500 g/mol. The molecule has 2 aliphatic rings. The molecule has 1 heterocycles. The van der Waals surface area contributed by atoms with Crippen LogP contribution in [0, 0.1) is 11.7 Å². The summed E-state index contributed by atoms with van der Waals surface area (Å²) in [6.07, 6.45) is 13.2. The van der Waals surface area contributed by atoms with E-state index in [4.69, 9.17) is 4.74 Å². The summed E-state index contributed by atoms with van der Waals surface area (Å²) in [5, 5.41) is 0. The smallest absolute Gasteiger partial charge is 0.425 e. The van der Waals surface area contributed by atoms with Gasteiger partial charge in [0.25, 0.3) is 0 Å². The van der Waals surface area contributed by atoms with Gasteiger partial charge in [-0.2, -0.15) is 8.78 Å². The quantitative estimate of drug-likeness (QED) is 0.263. The van der Waals surface area contributed by atoms with Gasteiger partial charge in [0.2, 0.25) is 0 Å². The molecule has 0 saturated heterocycles. The Balaban J connectivity index is 1.46. The molecule has 0 spiro atoms. The molecule has 2 aromatic carbocycles. The number of rotatable bonds is 12. The van der Waals surface area contributed by atoms with Crippen molar-refractivity contribution in [2.24, 2.45) is 5.92 Å². The van der Waals surface area contributed by atoms with Crippen molar-refractivity contribution in [3.8, 4) is 16.9 Å². The largest absolute Gasteiger partial charge is 0.427 e. The lowest BCUT2D eigenvalue weighted by Gasteiger charge is -2.32. The zero-order chi connectivity index (χ0) is 25.5. The molecule has 36 heavy (non-hydrogen) atoms. The molecule has 1 aliphatic heterocycles. The number of alkyl halides is 2. The first kappa shape index (κ1) is 27.1. The number of ether oxygens (including phenoxy) is 1. The van der Waals surface area contributed by atoms with Crippen LogP contribution in [0.5, 0.6) is 5.75 Å². The Hall–Kier alpha value is -1.97. The molecule has 0 bridgehead atoms. The average Bonchev–Trinajstić information content (AvgIpc) is 2.88. The van der Waals surface area contributed by atoms with Crippen LogP contribution in [-0.2, 0) is 12.5 Å². The maximum absolute atomic E-state index is 15.3. The van der Waals surface area contributed by atoms with Crippen LogP contribution in [0.25, 0.3) is 11.1 Å². The van der Waals surface area contributed by atoms with E-state index in [-0.39, 0.29) is 11.3 Å². The van der Waals surface area contributed by atoms with Crippen LogP contribution in [0.15, 0.2) is 30.3 Å². The van der Waals surface area contributed by atoms with Gasteiger partial charge in [-0.3, -0.25) is 0 Å². The standard InChI is InChI=1S/C32H43F3O/c1-3-5-7-8-9-10-11-13-25-18-21-28-27-20-19-26(24-16-14-23(15-17-24)12-6-4-2)22-29(27)32(34,35)36-31(28)30(25)33/h18-24H,3-17H2,1-2H3. The summed E-state index contributed by atoms with van der Waals surface area (Å²) in [6.45, 7) is 4.42.